The third kappa shape index (κ3) is 2.23. The Balaban J connectivity index is 1.89. The quantitative estimate of drug-likeness (QED) is 0.699. The maximum Gasteiger partial charge on any atom is 0.0540 e. The van der Waals surface area contributed by atoms with E-state index in [1.54, 1.807) is 0 Å². The zero-order valence-electron chi connectivity index (χ0n) is 8.34. The van der Waals surface area contributed by atoms with E-state index in [-0.39, 0.29) is 6.10 Å². The van der Waals surface area contributed by atoms with Crippen LogP contribution in [0.2, 0.25) is 0 Å². The summed E-state index contributed by atoms with van der Waals surface area (Å²) in [4.78, 5) is 0. The van der Waals surface area contributed by atoms with Crippen LogP contribution in [-0.2, 0) is 0 Å². The first-order chi connectivity index (χ1) is 6.24. The molecule has 0 heterocycles. The van der Waals surface area contributed by atoms with E-state index >= 15 is 0 Å². The lowest BCUT2D eigenvalue weighted by Crippen LogP contribution is -2.36. The summed E-state index contributed by atoms with van der Waals surface area (Å²) >= 11 is 0. The van der Waals surface area contributed by atoms with E-state index in [9.17, 15) is 5.11 Å². The smallest absolute Gasteiger partial charge is 0.0540 e. The molecule has 0 saturated heterocycles. The van der Waals surface area contributed by atoms with E-state index in [2.05, 4.69) is 0 Å². The van der Waals surface area contributed by atoms with Crippen molar-refractivity contribution in [3.05, 3.63) is 0 Å². The van der Waals surface area contributed by atoms with E-state index < -0.39 is 0 Å². The van der Waals surface area contributed by atoms with Crippen molar-refractivity contribution in [2.24, 2.45) is 17.1 Å². The maximum absolute atomic E-state index is 9.45. The molecule has 2 nitrogen and oxygen atoms in total. The van der Waals surface area contributed by atoms with Crippen LogP contribution in [-0.4, -0.2) is 17.8 Å². The molecular weight excluding hydrogens is 162 g/mol. The maximum atomic E-state index is 9.45. The summed E-state index contributed by atoms with van der Waals surface area (Å²) < 4.78 is 0. The highest BCUT2D eigenvalue weighted by Crippen LogP contribution is 2.47. The van der Waals surface area contributed by atoms with Gasteiger partial charge in [-0.1, -0.05) is 12.8 Å². The minimum atomic E-state index is -0.0427. The van der Waals surface area contributed by atoms with Gasteiger partial charge in [0.25, 0.3) is 0 Å². The van der Waals surface area contributed by atoms with E-state index in [1.807, 2.05) is 0 Å². The summed E-state index contributed by atoms with van der Waals surface area (Å²) in [6, 6.07) is 0. The fourth-order valence-electron chi connectivity index (χ4n) is 2.64. The molecule has 2 aliphatic carbocycles. The van der Waals surface area contributed by atoms with Gasteiger partial charge in [0.1, 0.15) is 0 Å². The van der Waals surface area contributed by atoms with Gasteiger partial charge in [-0.3, -0.25) is 0 Å². The van der Waals surface area contributed by atoms with Gasteiger partial charge in [-0.2, -0.15) is 0 Å². The van der Waals surface area contributed by atoms with Crippen molar-refractivity contribution in [2.75, 3.05) is 6.54 Å². The number of aliphatic hydroxyl groups is 1. The summed E-state index contributed by atoms with van der Waals surface area (Å²) in [7, 11) is 0. The predicted octanol–water partition coefficient (Wildman–Crippen LogP) is 1.67. The molecule has 76 valence electrons. The largest absolute Gasteiger partial charge is 0.393 e. The van der Waals surface area contributed by atoms with Crippen molar-refractivity contribution in [1.82, 2.24) is 0 Å². The Labute approximate surface area is 80.5 Å². The van der Waals surface area contributed by atoms with Gasteiger partial charge in [0, 0.05) is 0 Å². The topological polar surface area (TPSA) is 46.2 Å². The normalized spacial score (nSPS) is 40.6. The molecule has 0 bridgehead atoms. The van der Waals surface area contributed by atoms with E-state index in [0.29, 0.717) is 5.41 Å². The van der Waals surface area contributed by atoms with Crippen LogP contribution in [0, 0.1) is 11.3 Å². The third-order valence-corrected chi connectivity index (χ3v) is 3.87. The highest BCUT2D eigenvalue weighted by Gasteiger charge is 2.38. The molecular formula is C11H21NO. The molecule has 2 aliphatic rings. The number of nitrogens with two attached hydrogens (primary N) is 1. The van der Waals surface area contributed by atoms with Crippen LogP contribution >= 0.6 is 0 Å². The first-order valence-corrected chi connectivity index (χ1v) is 5.62. The van der Waals surface area contributed by atoms with Crippen molar-refractivity contribution in [3.8, 4) is 0 Å². The van der Waals surface area contributed by atoms with Gasteiger partial charge in [-0.15, -0.1) is 0 Å². The van der Waals surface area contributed by atoms with Crippen LogP contribution in [0.25, 0.3) is 0 Å². The molecule has 0 unspecified atom stereocenters. The Kier molecular flexibility index (Phi) is 2.61. The van der Waals surface area contributed by atoms with E-state index in [0.717, 1.165) is 38.1 Å². The van der Waals surface area contributed by atoms with Crippen LogP contribution in [0.4, 0.5) is 0 Å². The van der Waals surface area contributed by atoms with Gasteiger partial charge in [-0.25, -0.2) is 0 Å². The van der Waals surface area contributed by atoms with Gasteiger partial charge in [0.15, 0.2) is 0 Å². The summed E-state index contributed by atoms with van der Waals surface area (Å²) in [5.74, 6) is 0.971. The average Bonchev–Trinajstić information content (AvgIpc) is 2.94. The molecule has 0 aromatic heterocycles. The first kappa shape index (κ1) is 9.47. The SMILES string of the molecule is NCC1(CC2CC2)CCC(O)CC1. The van der Waals surface area contributed by atoms with Gasteiger partial charge >= 0.3 is 0 Å². The summed E-state index contributed by atoms with van der Waals surface area (Å²) in [5.41, 5.74) is 6.28. The fourth-order valence-corrected chi connectivity index (χ4v) is 2.64. The molecule has 0 atom stereocenters. The Morgan fingerprint density at radius 3 is 2.23 bits per heavy atom. The van der Waals surface area contributed by atoms with E-state index in [4.69, 9.17) is 5.73 Å². The second-order valence-electron chi connectivity index (χ2n) is 5.08. The summed E-state index contributed by atoms with van der Waals surface area (Å²) in [6.45, 7) is 0.830. The molecule has 0 aromatic rings. The zero-order chi connectivity index (χ0) is 9.31. The van der Waals surface area contributed by atoms with Crippen molar-refractivity contribution in [3.63, 3.8) is 0 Å². The monoisotopic (exact) mass is 183 g/mol. The summed E-state index contributed by atoms with van der Waals surface area (Å²) in [5, 5.41) is 9.45. The summed E-state index contributed by atoms with van der Waals surface area (Å²) in [6.07, 6.45) is 8.39. The van der Waals surface area contributed by atoms with Crippen molar-refractivity contribution >= 4 is 0 Å². The Morgan fingerprint density at radius 2 is 1.77 bits per heavy atom. The van der Waals surface area contributed by atoms with Crippen molar-refractivity contribution < 1.29 is 5.11 Å². The number of aliphatic hydroxyl groups excluding tert-OH is 1. The molecule has 13 heavy (non-hydrogen) atoms. The third-order valence-electron chi connectivity index (χ3n) is 3.87. The fraction of sp³-hybridized carbons (Fsp3) is 1.00. The van der Waals surface area contributed by atoms with Crippen LogP contribution in [0.3, 0.4) is 0 Å². The number of hydrogen-bond acceptors (Lipinski definition) is 2. The minimum absolute atomic E-state index is 0.0427. The lowest BCUT2D eigenvalue weighted by molar-refractivity contribution is 0.0587. The lowest BCUT2D eigenvalue weighted by atomic mass is 9.70. The Morgan fingerprint density at radius 1 is 1.15 bits per heavy atom. The standard InChI is InChI=1S/C11H21NO/c12-8-11(7-9-1-2-9)5-3-10(13)4-6-11/h9-10,13H,1-8,12H2. The van der Waals surface area contributed by atoms with Crippen LogP contribution in [0.1, 0.15) is 44.9 Å². The highest BCUT2D eigenvalue weighted by molar-refractivity contribution is 4.91. The minimum Gasteiger partial charge on any atom is -0.393 e. The van der Waals surface area contributed by atoms with Gasteiger partial charge in [-0.05, 0) is 50.0 Å². The first-order valence-electron chi connectivity index (χ1n) is 5.62. The van der Waals surface area contributed by atoms with Crippen molar-refractivity contribution in [1.29, 1.82) is 0 Å². The molecule has 2 rings (SSSR count). The average molecular weight is 183 g/mol. The molecule has 2 saturated carbocycles. The number of rotatable bonds is 3. The van der Waals surface area contributed by atoms with Crippen LogP contribution in [0.5, 0.6) is 0 Å². The second-order valence-corrected chi connectivity index (χ2v) is 5.08. The Bertz CT molecular complexity index is 169. The zero-order valence-corrected chi connectivity index (χ0v) is 8.34. The molecule has 2 heteroatoms. The molecule has 0 aliphatic heterocycles. The van der Waals surface area contributed by atoms with Gasteiger partial charge < -0.3 is 10.8 Å². The van der Waals surface area contributed by atoms with Gasteiger partial charge in [0.2, 0.25) is 0 Å². The highest BCUT2D eigenvalue weighted by atomic mass is 16.3. The molecule has 0 aromatic carbocycles. The lowest BCUT2D eigenvalue weighted by Gasteiger charge is -2.38. The molecule has 0 spiro atoms. The second kappa shape index (κ2) is 3.58. The van der Waals surface area contributed by atoms with Gasteiger partial charge in [0.05, 0.1) is 6.10 Å². The Hall–Kier alpha value is -0.0800. The van der Waals surface area contributed by atoms with E-state index in [1.165, 1.54) is 19.3 Å². The molecule has 0 amide bonds. The molecule has 0 radical (unpaired) electrons. The predicted molar refractivity (Wildman–Crippen MR) is 53.3 cm³/mol. The van der Waals surface area contributed by atoms with Crippen LogP contribution < -0.4 is 5.73 Å². The molecule has 3 N–H and O–H groups in total. The molecule has 2 fully saturated rings. The number of hydrogen-bond donors (Lipinski definition) is 2. The van der Waals surface area contributed by atoms with Crippen LogP contribution in [0.15, 0.2) is 0 Å². The van der Waals surface area contributed by atoms with Crippen molar-refractivity contribution in [2.45, 2.75) is 51.0 Å².